The number of benzene rings is 1. The first-order valence-electron chi connectivity index (χ1n) is 6.96. The van der Waals surface area contributed by atoms with Gasteiger partial charge in [0, 0.05) is 36.7 Å². The number of aryl methyl sites for hydroxylation is 1. The number of rotatable bonds is 3. The molecule has 1 heterocycles. The van der Waals surface area contributed by atoms with E-state index in [2.05, 4.69) is 51.3 Å². The third kappa shape index (κ3) is 4.11. The maximum absolute atomic E-state index is 3.77. The van der Waals surface area contributed by atoms with E-state index in [9.17, 15) is 0 Å². The second-order valence-electron chi connectivity index (χ2n) is 5.59. The first-order chi connectivity index (χ1) is 8.75. The maximum atomic E-state index is 3.77. The van der Waals surface area contributed by atoms with Gasteiger partial charge in [-0.3, -0.25) is 4.90 Å². The summed E-state index contributed by atoms with van der Waals surface area (Å²) in [5.74, 6) is 0.877. The van der Waals surface area contributed by atoms with Crippen molar-refractivity contribution in [1.82, 2.24) is 10.2 Å². The highest BCUT2D eigenvalue weighted by Crippen LogP contribution is 2.46. The van der Waals surface area contributed by atoms with Crippen LogP contribution in [0.4, 0.5) is 0 Å². The van der Waals surface area contributed by atoms with Crippen LogP contribution in [0.1, 0.15) is 30.0 Å². The van der Waals surface area contributed by atoms with Crippen LogP contribution in [-0.4, -0.2) is 31.1 Å². The number of hydrogen-bond acceptors (Lipinski definition) is 2. The molecule has 0 amide bonds. The third-order valence-electron chi connectivity index (χ3n) is 4.09. The summed E-state index contributed by atoms with van der Waals surface area (Å²) in [6.45, 7) is 6.79. The third-order valence-corrected chi connectivity index (χ3v) is 4.77. The second kappa shape index (κ2) is 8.00. The first-order valence-corrected chi connectivity index (χ1v) is 7.76. The lowest BCUT2D eigenvalue weighted by atomic mass is 9.99. The summed E-state index contributed by atoms with van der Waals surface area (Å²) in [6.07, 6.45) is 2.80. The van der Waals surface area contributed by atoms with Gasteiger partial charge < -0.3 is 5.32 Å². The van der Waals surface area contributed by atoms with E-state index in [0.717, 1.165) is 19.0 Å². The Morgan fingerprint density at radius 1 is 1.20 bits per heavy atom. The Bertz CT molecular complexity index is 432. The van der Waals surface area contributed by atoms with Crippen molar-refractivity contribution < 1.29 is 0 Å². The summed E-state index contributed by atoms with van der Waals surface area (Å²) in [5.41, 5.74) is 2.82. The molecule has 1 aliphatic heterocycles. The quantitative estimate of drug-likeness (QED) is 0.852. The van der Waals surface area contributed by atoms with Crippen LogP contribution in [0.2, 0.25) is 0 Å². The lowest BCUT2D eigenvalue weighted by molar-refractivity contribution is 0.155. The van der Waals surface area contributed by atoms with E-state index in [1.807, 2.05) is 0 Å². The highest BCUT2D eigenvalue weighted by atomic mass is 79.9. The van der Waals surface area contributed by atoms with Crippen LogP contribution in [0.15, 0.2) is 22.7 Å². The van der Waals surface area contributed by atoms with Crippen LogP contribution in [0.25, 0.3) is 0 Å². The average Bonchev–Trinajstić information content (AvgIpc) is 3.18. The maximum Gasteiger partial charge on any atom is 0.0388 e. The van der Waals surface area contributed by atoms with Crippen molar-refractivity contribution in [3.63, 3.8) is 0 Å². The molecule has 5 heteroatoms. The second-order valence-corrected chi connectivity index (χ2v) is 6.45. The van der Waals surface area contributed by atoms with E-state index in [-0.39, 0.29) is 24.8 Å². The molecule has 1 N–H and O–H groups in total. The Kier molecular flexibility index (Phi) is 7.30. The molecule has 2 aliphatic rings. The molecule has 0 spiro atoms. The molecule has 0 aromatic heterocycles. The molecule has 0 radical (unpaired) electrons. The SMILES string of the molecule is Cc1ccc([C@H](C2CC2)N2CCNCC2)c(Br)c1.Cl.Cl. The molecule has 1 aromatic rings. The summed E-state index contributed by atoms with van der Waals surface area (Å²) in [4.78, 5) is 2.67. The average molecular weight is 382 g/mol. The van der Waals surface area contributed by atoms with E-state index in [1.165, 1.54) is 41.5 Å². The topological polar surface area (TPSA) is 15.3 Å². The minimum atomic E-state index is 0. The van der Waals surface area contributed by atoms with Crippen molar-refractivity contribution in [2.24, 2.45) is 5.92 Å². The van der Waals surface area contributed by atoms with Gasteiger partial charge in [-0.15, -0.1) is 24.8 Å². The number of hydrogen-bond donors (Lipinski definition) is 1. The molecule has 0 bridgehead atoms. The van der Waals surface area contributed by atoms with Gasteiger partial charge in [0.1, 0.15) is 0 Å². The predicted octanol–water partition coefficient (Wildman–Crippen LogP) is 3.96. The minimum absolute atomic E-state index is 0. The van der Waals surface area contributed by atoms with Crippen molar-refractivity contribution in [3.05, 3.63) is 33.8 Å². The zero-order valence-corrected chi connectivity index (χ0v) is 15.0. The molecule has 3 rings (SSSR count). The van der Waals surface area contributed by atoms with Crippen molar-refractivity contribution in [2.75, 3.05) is 26.2 Å². The molecule has 0 unspecified atom stereocenters. The Balaban J connectivity index is 0.000001000. The molecule has 114 valence electrons. The highest BCUT2D eigenvalue weighted by molar-refractivity contribution is 9.10. The summed E-state index contributed by atoms with van der Waals surface area (Å²) in [6, 6.07) is 7.46. The van der Waals surface area contributed by atoms with E-state index in [1.54, 1.807) is 0 Å². The summed E-state index contributed by atoms with van der Waals surface area (Å²) in [7, 11) is 0. The van der Waals surface area contributed by atoms with Crippen LogP contribution in [0.5, 0.6) is 0 Å². The molecule has 1 aliphatic carbocycles. The van der Waals surface area contributed by atoms with E-state index in [0.29, 0.717) is 6.04 Å². The van der Waals surface area contributed by atoms with Crippen molar-refractivity contribution >= 4 is 40.7 Å². The van der Waals surface area contributed by atoms with Crippen molar-refractivity contribution in [1.29, 1.82) is 0 Å². The van der Waals surface area contributed by atoms with E-state index in [4.69, 9.17) is 0 Å². The van der Waals surface area contributed by atoms with Gasteiger partial charge in [0.05, 0.1) is 0 Å². The Morgan fingerprint density at radius 3 is 2.40 bits per heavy atom. The molecule has 2 nitrogen and oxygen atoms in total. The Morgan fingerprint density at radius 2 is 1.85 bits per heavy atom. The summed E-state index contributed by atoms with van der Waals surface area (Å²) >= 11 is 3.77. The van der Waals surface area contributed by atoms with Crippen LogP contribution in [-0.2, 0) is 0 Å². The molecular weight excluding hydrogens is 359 g/mol. The van der Waals surface area contributed by atoms with Gasteiger partial charge >= 0.3 is 0 Å². The fraction of sp³-hybridized carbons (Fsp3) is 0.600. The highest BCUT2D eigenvalue weighted by Gasteiger charge is 2.37. The van der Waals surface area contributed by atoms with Gasteiger partial charge in [0.15, 0.2) is 0 Å². The van der Waals surface area contributed by atoms with Gasteiger partial charge in [0.2, 0.25) is 0 Å². The lowest BCUT2D eigenvalue weighted by Crippen LogP contribution is -2.45. The Hall–Kier alpha value is 0.200. The summed E-state index contributed by atoms with van der Waals surface area (Å²) in [5, 5.41) is 3.45. The number of nitrogens with zero attached hydrogens (tertiary/aromatic N) is 1. The standard InChI is InChI=1S/C15H21BrN2.2ClH/c1-11-2-5-13(14(16)10-11)15(12-3-4-12)18-8-6-17-7-9-18;;/h2,5,10,12,15,17H,3-4,6-9H2,1H3;2*1H/t15-;;/m0../s1. The first kappa shape index (κ1) is 18.2. The molecule has 1 saturated heterocycles. The largest absolute Gasteiger partial charge is 0.314 e. The van der Waals surface area contributed by atoms with E-state index >= 15 is 0 Å². The fourth-order valence-corrected chi connectivity index (χ4v) is 3.72. The zero-order valence-electron chi connectivity index (χ0n) is 11.8. The molecule has 1 atom stereocenters. The van der Waals surface area contributed by atoms with Crippen LogP contribution >= 0.6 is 40.7 Å². The van der Waals surface area contributed by atoms with Gasteiger partial charge in [-0.2, -0.15) is 0 Å². The van der Waals surface area contributed by atoms with Gasteiger partial charge in [-0.25, -0.2) is 0 Å². The van der Waals surface area contributed by atoms with Crippen molar-refractivity contribution in [2.45, 2.75) is 25.8 Å². The minimum Gasteiger partial charge on any atom is -0.314 e. The lowest BCUT2D eigenvalue weighted by Gasteiger charge is -2.36. The number of halogens is 3. The van der Waals surface area contributed by atoms with Crippen molar-refractivity contribution in [3.8, 4) is 0 Å². The van der Waals surface area contributed by atoms with Gasteiger partial charge in [0.25, 0.3) is 0 Å². The fourth-order valence-electron chi connectivity index (χ4n) is 2.99. The van der Waals surface area contributed by atoms with Crippen LogP contribution in [0.3, 0.4) is 0 Å². The van der Waals surface area contributed by atoms with Gasteiger partial charge in [-0.05, 0) is 42.9 Å². The monoisotopic (exact) mass is 380 g/mol. The zero-order chi connectivity index (χ0) is 12.5. The number of piperazine rings is 1. The number of nitrogens with one attached hydrogen (secondary N) is 1. The molecule has 1 saturated carbocycles. The van der Waals surface area contributed by atoms with Crippen LogP contribution < -0.4 is 5.32 Å². The molecule has 20 heavy (non-hydrogen) atoms. The summed E-state index contributed by atoms with van der Waals surface area (Å²) < 4.78 is 1.29. The predicted molar refractivity (Wildman–Crippen MR) is 93.3 cm³/mol. The van der Waals surface area contributed by atoms with Gasteiger partial charge in [-0.1, -0.05) is 28.1 Å². The van der Waals surface area contributed by atoms with E-state index < -0.39 is 0 Å². The van der Waals surface area contributed by atoms with Crippen LogP contribution in [0, 0.1) is 12.8 Å². The Labute approximate surface area is 142 Å². The molecule has 1 aromatic carbocycles. The smallest absolute Gasteiger partial charge is 0.0388 e. The molecule has 2 fully saturated rings. The normalized spacial score (nSPS) is 20.7. The molecular formula is C15H23BrCl2N2.